The fraction of sp³-hybridized carbons (Fsp3) is 0.417. The van der Waals surface area contributed by atoms with Crippen molar-refractivity contribution in [3.05, 3.63) is 29.3 Å². The average molecular weight is 222 g/mol. The molecule has 16 heavy (non-hydrogen) atoms. The first kappa shape index (κ1) is 12.5. The van der Waals surface area contributed by atoms with Gasteiger partial charge in [0.15, 0.2) is 0 Å². The van der Waals surface area contributed by atoms with Gasteiger partial charge in [-0.25, -0.2) is 5.84 Å². The second-order valence-electron chi connectivity index (χ2n) is 3.85. The maximum Gasteiger partial charge on any atom is 0.239 e. The molecule has 2 N–H and O–H groups in total. The molecule has 0 aromatic heterocycles. The first-order valence-corrected chi connectivity index (χ1v) is 5.22. The lowest BCUT2D eigenvalue weighted by Crippen LogP contribution is -2.33. The highest BCUT2D eigenvalue weighted by Gasteiger charge is 2.04. The number of nitrogens with zero attached hydrogens (tertiary/aromatic N) is 1. The quantitative estimate of drug-likeness (QED) is 0.476. The average Bonchev–Trinajstić information content (AvgIpc) is 2.23. The molecular weight excluding hydrogens is 204 g/mol. The molecular formula is C12H18N2O2. The predicted molar refractivity (Wildman–Crippen MR) is 63.0 cm³/mol. The summed E-state index contributed by atoms with van der Waals surface area (Å²) in [7, 11) is 1.53. The molecule has 1 rings (SSSR count). The van der Waals surface area contributed by atoms with Crippen LogP contribution in [0.2, 0.25) is 0 Å². The van der Waals surface area contributed by atoms with Crippen LogP contribution < -0.4 is 10.6 Å². The minimum absolute atomic E-state index is 0.135. The number of ether oxygens (including phenoxy) is 1. The van der Waals surface area contributed by atoms with E-state index in [0.717, 1.165) is 10.8 Å². The molecule has 0 aliphatic heterocycles. The fourth-order valence-corrected chi connectivity index (χ4v) is 1.24. The van der Waals surface area contributed by atoms with Crippen LogP contribution in [0.3, 0.4) is 0 Å². The monoisotopic (exact) mass is 222 g/mol. The van der Waals surface area contributed by atoms with Crippen molar-refractivity contribution in [3.8, 4) is 5.75 Å². The van der Waals surface area contributed by atoms with Crippen LogP contribution in [0.4, 0.5) is 0 Å². The van der Waals surface area contributed by atoms with Crippen LogP contribution in [0.25, 0.3) is 0 Å². The summed E-state index contributed by atoms with van der Waals surface area (Å²) in [6.07, 6.45) is 0.292. The molecule has 4 heteroatoms. The summed E-state index contributed by atoms with van der Waals surface area (Å²) in [6, 6.07) is 5.87. The highest BCUT2D eigenvalue weighted by atomic mass is 16.5. The Kier molecular flexibility index (Phi) is 4.31. The molecule has 0 saturated heterocycles. The number of aryl methyl sites for hydroxylation is 2. The summed E-state index contributed by atoms with van der Waals surface area (Å²) < 4.78 is 5.46. The van der Waals surface area contributed by atoms with Gasteiger partial charge in [-0.2, -0.15) is 0 Å². The summed E-state index contributed by atoms with van der Waals surface area (Å²) >= 11 is 0. The van der Waals surface area contributed by atoms with Gasteiger partial charge in [-0.05, 0) is 37.1 Å². The Morgan fingerprint density at radius 2 is 2.06 bits per heavy atom. The zero-order chi connectivity index (χ0) is 12.1. The van der Waals surface area contributed by atoms with Crippen LogP contribution in [-0.2, 0) is 4.79 Å². The van der Waals surface area contributed by atoms with E-state index in [1.807, 2.05) is 32.0 Å². The summed E-state index contributed by atoms with van der Waals surface area (Å²) in [5.74, 6) is 5.94. The molecule has 0 atom stereocenters. The number of hydrogen-bond acceptors (Lipinski definition) is 3. The Morgan fingerprint density at radius 3 is 2.62 bits per heavy atom. The van der Waals surface area contributed by atoms with Crippen LogP contribution in [-0.4, -0.2) is 24.6 Å². The lowest BCUT2D eigenvalue weighted by Gasteiger charge is -2.11. The molecule has 0 radical (unpaired) electrons. The molecule has 0 bridgehead atoms. The van der Waals surface area contributed by atoms with Gasteiger partial charge in [-0.1, -0.05) is 6.07 Å². The first-order chi connectivity index (χ1) is 7.50. The third-order valence-electron chi connectivity index (χ3n) is 2.46. The van der Waals surface area contributed by atoms with Gasteiger partial charge in [0.1, 0.15) is 5.75 Å². The van der Waals surface area contributed by atoms with E-state index >= 15 is 0 Å². The van der Waals surface area contributed by atoms with Crippen LogP contribution in [0.15, 0.2) is 18.2 Å². The molecule has 4 nitrogen and oxygen atoms in total. The van der Waals surface area contributed by atoms with Crippen LogP contribution >= 0.6 is 0 Å². The van der Waals surface area contributed by atoms with Crippen LogP contribution in [0.5, 0.6) is 5.75 Å². The normalized spacial score (nSPS) is 10.0. The molecule has 0 aliphatic carbocycles. The standard InChI is InChI=1S/C12H18N2O2/c1-9-4-5-11(8-10(9)2)16-7-6-12(15)14(3)13/h4-5,8H,6-7,13H2,1-3H3. The predicted octanol–water partition coefficient (Wildman–Crippen LogP) is 1.40. The highest BCUT2D eigenvalue weighted by molar-refractivity contribution is 5.75. The summed E-state index contributed by atoms with van der Waals surface area (Å²) in [6.45, 7) is 4.43. The zero-order valence-electron chi connectivity index (χ0n) is 9.99. The fourth-order valence-electron chi connectivity index (χ4n) is 1.24. The number of amides is 1. The van der Waals surface area contributed by atoms with Gasteiger partial charge in [0, 0.05) is 7.05 Å². The molecule has 0 spiro atoms. The second kappa shape index (κ2) is 5.51. The van der Waals surface area contributed by atoms with Gasteiger partial charge in [-0.3, -0.25) is 9.80 Å². The number of carbonyl (C=O) groups excluding carboxylic acids is 1. The largest absolute Gasteiger partial charge is 0.493 e. The van der Waals surface area contributed by atoms with Gasteiger partial charge >= 0.3 is 0 Å². The van der Waals surface area contributed by atoms with E-state index in [-0.39, 0.29) is 5.91 Å². The van der Waals surface area contributed by atoms with Gasteiger partial charge in [0.25, 0.3) is 0 Å². The third-order valence-corrected chi connectivity index (χ3v) is 2.46. The van der Waals surface area contributed by atoms with E-state index in [0.29, 0.717) is 13.0 Å². The molecule has 0 unspecified atom stereocenters. The van der Waals surface area contributed by atoms with Crippen molar-refractivity contribution in [3.63, 3.8) is 0 Å². The van der Waals surface area contributed by atoms with E-state index < -0.39 is 0 Å². The molecule has 88 valence electrons. The van der Waals surface area contributed by atoms with E-state index in [1.165, 1.54) is 18.2 Å². The molecule has 1 amide bonds. The Morgan fingerprint density at radius 1 is 1.38 bits per heavy atom. The SMILES string of the molecule is Cc1ccc(OCCC(=O)N(C)N)cc1C. The molecule has 0 fully saturated rings. The summed E-state index contributed by atoms with van der Waals surface area (Å²) in [5, 5.41) is 1.07. The maximum absolute atomic E-state index is 11.2. The van der Waals surface area contributed by atoms with Gasteiger partial charge < -0.3 is 4.74 Å². The Bertz CT molecular complexity index is 375. The minimum atomic E-state index is -0.135. The number of benzene rings is 1. The molecule has 0 aliphatic rings. The zero-order valence-corrected chi connectivity index (χ0v) is 9.99. The van der Waals surface area contributed by atoms with Crippen molar-refractivity contribution in [2.24, 2.45) is 5.84 Å². The van der Waals surface area contributed by atoms with E-state index in [4.69, 9.17) is 10.6 Å². The van der Waals surface area contributed by atoms with Gasteiger partial charge in [0.05, 0.1) is 13.0 Å². The van der Waals surface area contributed by atoms with Crippen molar-refractivity contribution in [1.29, 1.82) is 0 Å². The summed E-state index contributed by atoms with van der Waals surface area (Å²) in [4.78, 5) is 11.2. The number of carbonyl (C=O) groups is 1. The molecule has 1 aromatic rings. The number of hydrogen-bond donors (Lipinski definition) is 1. The maximum atomic E-state index is 11.2. The smallest absolute Gasteiger partial charge is 0.239 e. The highest BCUT2D eigenvalue weighted by Crippen LogP contribution is 2.16. The van der Waals surface area contributed by atoms with Crippen LogP contribution in [0.1, 0.15) is 17.5 Å². The minimum Gasteiger partial charge on any atom is -0.493 e. The van der Waals surface area contributed by atoms with Crippen molar-refractivity contribution in [2.75, 3.05) is 13.7 Å². The second-order valence-corrected chi connectivity index (χ2v) is 3.85. The topological polar surface area (TPSA) is 55.6 Å². The van der Waals surface area contributed by atoms with E-state index in [9.17, 15) is 4.79 Å². The molecule has 0 heterocycles. The third kappa shape index (κ3) is 3.55. The van der Waals surface area contributed by atoms with Gasteiger partial charge in [-0.15, -0.1) is 0 Å². The Hall–Kier alpha value is -1.55. The van der Waals surface area contributed by atoms with Crippen LogP contribution in [0, 0.1) is 13.8 Å². The number of nitrogens with two attached hydrogens (primary N) is 1. The number of rotatable bonds is 4. The molecule has 0 saturated carbocycles. The molecule has 1 aromatic carbocycles. The lowest BCUT2D eigenvalue weighted by atomic mass is 10.1. The van der Waals surface area contributed by atoms with Crippen molar-refractivity contribution in [1.82, 2.24) is 5.01 Å². The Balaban J connectivity index is 2.43. The Labute approximate surface area is 96.0 Å². The van der Waals surface area contributed by atoms with E-state index in [1.54, 1.807) is 0 Å². The van der Waals surface area contributed by atoms with Crippen molar-refractivity contribution < 1.29 is 9.53 Å². The van der Waals surface area contributed by atoms with E-state index in [2.05, 4.69) is 0 Å². The van der Waals surface area contributed by atoms with Crippen molar-refractivity contribution >= 4 is 5.91 Å². The van der Waals surface area contributed by atoms with Crippen molar-refractivity contribution in [2.45, 2.75) is 20.3 Å². The lowest BCUT2D eigenvalue weighted by molar-refractivity contribution is -0.130. The first-order valence-electron chi connectivity index (χ1n) is 5.22. The summed E-state index contributed by atoms with van der Waals surface area (Å²) in [5.41, 5.74) is 2.41. The van der Waals surface area contributed by atoms with Gasteiger partial charge in [0.2, 0.25) is 5.91 Å². The number of hydrazine groups is 1.